The van der Waals surface area contributed by atoms with E-state index in [4.69, 9.17) is 4.74 Å². The standard InChI is InChI=1S/C13H17N3O3/c1-19-13(18)9-4-2-5-10(8-9)16-12(17)11-14-6-3-7-15-11/h3,6-7,9-10H,2,4-5,8H2,1H3,(H,16,17). The summed E-state index contributed by atoms with van der Waals surface area (Å²) in [5.74, 6) is -0.463. The molecular weight excluding hydrogens is 246 g/mol. The van der Waals surface area contributed by atoms with Crippen LogP contribution in [-0.2, 0) is 9.53 Å². The Morgan fingerprint density at radius 3 is 2.74 bits per heavy atom. The van der Waals surface area contributed by atoms with Crippen LogP contribution in [0.2, 0.25) is 0 Å². The Morgan fingerprint density at radius 1 is 1.32 bits per heavy atom. The van der Waals surface area contributed by atoms with E-state index in [-0.39, 0.29) is 29.7 Å². The van der Waals surface area contributed by atoms with E-state index in [0.717, 1.165) is 19.3 Å². The first kappa shape index (κ1) is 13.5. The number of hydrogen-bond acceptors (Lipinski definition) is 5. The van der Waals surface area contributed by atoms with Gasteiger partial charge in [0, 0.05) is 18.4 Å². The Bertz CT molecular complexity index is 450. The molecule has 1 aliphatic carbocycles. The fourth-order valence-corrected chi connectivity index (χ4v) is 2.37. The van der Waals surface area contributed by atoms with Crippen LogP contribution >= 0.6 is 0 Å². The molecule has 2 unspecified atom stereocenters. The van der Waals surface area contributed by atoms with E-state index in [1.807, 2.05) is 0 Å². The van der Waals surface area contributed by atoms with Crippen LogP contribution in [0, 0.1) is 5.92 Å². The molecular formula is C13H17N3O3. The smallest absolute Gasteiger partial charge is 0.308 e. The van der Waals surface area contributed by atoms with Gasteiger partial charge >= 0.3 is 5.97 Å². The van der Waals surface area contributed by atoms with E-state index in [2.05, 4.69) is 15.3 Å². The minimum absolute atomic E-state index is 0.0193. The third-order valence-electron chi connectivity index (χ3n) is 3.31. The second kappa shape index (κ2) is 6.26. The molecule has 102 valence electrons. The number of methoxy groups -OCH3 is 1. The zero-order valence-corrected chi connectivity index (χ0v) is 10.8. The summed E-state index contributed by atoms with van der Waals surface area (Å²) in [5, 5.41) is 2.87. The van der Waals surface area contributed by atoms with Crippen molar-refractivity contribution in [3.63, 3.8) is 0 Å². The minimum atomic E-state index is -0.295. The van der Waals surface area contributed by atoms with Crippen molar-refractivity contribution >= 4 is 11.9 Å². The molecule has 1 heterocycles. The lowest BCUT2D eigenvalue weighted by atomic mass is 9.85. The van der Waals surface area contributed by atoms with Crippen LogP contribution in [0.5, 0.6) is 0 Å². The Hall–Kier alpha value is -1.98. The van der Waals surface area contributed by atoms with E-state index in [9.17, 15) is 9.59 Å². The second-order valence-corrected chi connectivity index (χ2v) is 4.63. The zero-order chi connectivity index (χ0) is 13.7. The normalized spacial score (nSPS) is 22.6. The number of esters is 1. The minimum Gasteiger partial charge on any atom is -0.469 e. The van der Waals surface area contributed by atoms with Crippen molar-refractivity contribution < 1.29 is 14.3 Å². The molecule has 2 atom stereocenters. The molecule has 2 rings (SSSR count). The van der Waals surface area contributed by atoms with Crippen molar-refractivity contribution in [2.45, 2.75) is 31.7 Å². The highest BCUT2D eigenvalue weighted by Gasteiger charge is 2.29. The molecule has 1 aromatic heterocycles. The van der Waals surface area contributed by atoms with Gasteiger partial charge < -0.3 is 10.1 Å². The highest BCUT2D eigenvalue weighted by Crippen LogP contribution is 2.25. The number of nitrogens with zero attached hydrogens (tertiary/aromatic N) is 2. The summed E-state index contributed by atoms with van der Waals surface area (Å²) in [6.07, 6.45) is 6.26. The van der Waals surface area contributed by atoms with Crippen molar-refractivity contribution in [2.75, 3.05) is 7.11 Å². The van der Waals surface area contributed by atoms with E-state index < -0.39 is 0 Å². The maximum absolute atomic E-state index is 11.9. The predicted molar refractivity (Wildman–Crippen MR) is 67.3 cm³/mol. The number of aromatic nitrogens is 2. The fourth-order valence-electron chi connectivity index (χ4n) is 2.37. The summed E-state index contributed by atoms with van der Waals surface area (Å²) in [4.78, 5) is 31.2. The number of carbonyl (C=O) groups is 2. The Morgan fingerprint density at radius 2 is 2.05 bits per heavy atom. The summed E-state index contributed by atoms with van der Waals surface area (Å²) in [7, 11) is 1.39. The molecule has 0 saturated heterocycles. The molecule has 1 amide bonds. The first-order valence-electron chi connectivity index (χ1n) is 6.36. The molecule has 1 fully saturated rings. The van der Waals surface area contributed by atoms with Crippen molar-refractivity contribution in [1.29, 1.82) is 0 Å². The van der Waals surface area contributed by atoms with Gasteiger partial charge in [-0.2, -0.15) is 0 Å². The monoisotopic (exact) mass is 263 g/mol. The lowest BCUT2D eigenvalue weighted by Gasteiger charge is -2.27. The third-order valence-corrected chi connectivity index (χ3v) is 3.31. The van der Waals surface area contributed by atoms with Crippen LogP contribution in [0.15, 0.2) is 18.5 Å². The topological polar surface area (TPSA) is 81.2 Å². The molecule has 6 nitrogen and oxygen atoms in total. The van der Waals surface area contributed by atoms with Crippen molar-refractivity contribution in [3.05, 3.63) is 24.3 Å². The molecule has 0 radical (unpaired) electrons. The quantitative estimate of drug-likeness (QED) is 0.821. The number of nitrogens with one attached hydrogen (secondary N) is 1. The fraction of sp³-hybridized carbons (Fsp3) is 0.538. The van der Waals surface area contributed by atoms with E-state index in [1.165, 1.54) is 19.5 Å². The van der Waals surface area contributed by atoms with Crippen molar-refractivity contribution in [2.24, 2.45) is 5.92 Å². The zero-order valence-electron chi connectivity index (χ0n) is 10.8. The van der Waals surface area contributed by atoms with Gasteiger partial charge in [-0.15, -0.1) is 0 Å². The van der Waals surface area contributed by atoms with Crippen molar-refractivity contribution in [1.82, 2.24) is 15.3 Å². The highest BCUT2D eigenvalue weighted by molar-refractivity contribution is 5.90. The Kier molecular flexibility index (Phi) is 4.43. The molecule has 0 aliphatic heterocycles. The van der Waals surface area contributed by atoms with Gasteiger partial charge in [-0.25, -0.2) is 9.97 Å². The van der Waals surface area contributed by atoms with Crippen LogP contribution in [0.25, 0.3) is 0 Å². The summed E-state index contributed by atoms with van der Waals surface area (Å²) in [6, 6.07) is 1.64. The molecule has 1 aliphatic rings. The van der Waals surface area contributed by atoms with Gasteiger partial charge in [-0.3, -0.25) is 9.59 Å². The maximum Gasteiger partial charge on any atom is 0.308 e. The summed E-state index contributed by atoms with van der Waals surface area (Å²) < 4.78 is 4.75. The molecule has 1 saturated carbocycles. The summed E-state index contributed by atoms with van der Waals surface area (Å²) >= 11 is 0. The predicted octanol–water partition coefficient (Wildman–Crippen LogP) is 0.938. The largest absolute Gasteiger partial charge is 0.469 e. The summed E-state index contributed by atoms with van der Waals surface area (Å²) in [5.41, 5.74) is 0. The van der Waals surface area contributed by atoms with Crippen LogP contribution in [-0.4, -0.2) is 35.0 Å². The average molecular weight is 263 g/mol. The average Bonchev–Trinajstić information content (AvgIpc) is 2.47. The number of ether oxygens (including phenoxy) is 1. The summed E-state index contributed by atoms with van der Waals surface area (Å²) in [6.45, 7) is 0. The van der Waals surface area contributed by atoms with Gasteiger partial charge in [0.25, 0.3) is 5.91 Å². The highest BCUT2D eigenvalue weighted by atomic mass is 16.5. The van der Waals surface area contributed by atoms with Crippen LogP contribution < -0.4 is 5.32 Å². The third kappa shape index (κ3) is 3.49. The van der Waals surface area contributed by atoms with Gasteiger partial charge in [-0.05, 0) is 25.3 Å². The Balaban J connectivity index is 1.92. The number of rotatable bonds is 3. The van der Waals surface area contributed by atoms with Gasteiger partial charge in [0.2, 0.25) is 5.82 Å². The molecule has 0 aromatic carbocycles. The number of carbonyl (C=O) groups excluding carboxylic acids is 2. The molecule has 1 N–H and O–H groups in total. The maximum atomic E-state index is 11.9. The van der Waals surface area contributed by atoms with E-state index in [1.54, 1.807) is 6.07 Å². The lowest BCUT2D eigenvalue weighted by molar-refractivity contribution is -0.146. The SMILES string of the molecule is COC(=O)C1CCCC(NC(=O)c2ncccn2)C1. The lowest BCUT2D eigenvalue weighted by Crippen LogP contribution is -2.40. The van der Waals surface area contributed by atoms with E-state index >= 15 is 0 Å². The molecule has 0 bridgehead atoms. The molecule has 6 heteroatoms. The van der Waals surface area contributed by atoms with Gasteiger partial charge in [0.05, 0.1) is 13.0 Å². The van der Waals surface area contributed by atoms with Crippen LogP contribution in [0.4, 0.5) is 0 Å². The Labute approximate surface area is 111 Å². The number of hydrogen-bond donors (Lipinski definition) is 1. The van der Waals surface area contributed by atoms with Crippen LogP contribution in [0.1, 0.15) is 36.3 Å². The molecule has 0 spiro atoms. The number of amides is 1. The van der Waals surface area contributed by atoms with Crippen LogP contribution in [0.3, 0.4) is 0 Å². The van der Waals surface area contributed by atoms with Gasteiger partial charge in [0.1, 0.15) is 0 Å². The second-order valence-electron chi connectivity index (χ2n) is 4.63. The first-order valence-corrected chi connectivity index (χ1v) is 6.36. The molecule has 19 heavy (non-hydrogen) atoms. The first-order chi connectivity index (χ1) is 9.20. The molecule has 1 aromatic rings. The van der Waals surface area contributed by atoms with Gasteiger partial charge in [-0.1, -0.05) is 6.42 Å². The van der Waals surface area contributed by atoms with E-state index in [0.29, 0.717) is 6.42 Å². The van der Waals surface area contributed by atoms with Crippen molar-refractivity contribution in [3.8, 4) is 0 Å². The van der Waals surface area contributed by atoms with Gasteiger partial charge in [0.15, 0.2) is 0 Å².